The lowest BCUT2D eigenvalue weighted by Gasteiger charge is -2.17. The van der Waals surface area contributed by atoms with Gasteiger partial charge >= 0.3 is 0 Å². The summed E-state index contributed by atoms with van der Waals surface area (Å²) in [6, 6.07) is 0. The van der Waals surface area contributed by atoms with Gasteiger partial charge in [0.1, 0.15) is 0 Å². The molecule has 3 nitrogen and oxygen atoms in total. The second-order valence-electron chi connectivity index (χ2n) is 2.90. The lowest BCUT2D eigenvalue weighted by Crippen LogP contribution is -2.19. The molecule has 0 amide bonds. The Labute approximate surface area is 76.0 Å². The zero-order valence-electron chi connectivity index (χ0n) is 7.95. The maximum Gasteiger partial charge on any atom is 0.0756 e. The maximum atomic E-state index is 11.2. The summed E-state index contributed by atoms with van der Waals surface area (Å²) in [5, 5.41) is 0. The highest BCUT2D eigenvalue weighted by Crippen LogP contribution is 2.06. The minimum Gasteiger partial charge on any atom is -0.309 e. The Balaban J connectivity index is 3.49. The van der Waals surface area contributed by atoms with E-state index in [1.165, 1.54) is 0 Å². The van der Waals surface area contributed by atoms with Gasteiger partial charge < -0.3 is 4.55 Å². The third-order valence-corrected chi connectivity index (χ3v) is 3.05. The first-order chi connectivity index (χ1) is 5.62. The third-order valence-electron chi connectivity index (χ3n) is 1.59. The molecule has 0 spiro atoms. The normalized spacial score (nSPS) is 13.2. The zero-order chi connectivity index (χ0) is 9.45. The maximum absolute atomic E-state index is 11.2. The molecule has 0 aliphatic heterocycles. The molecule has 0 heterocycles. The summed E-state index contributed by atoms with van der Waals surface area (Å²) >= 11 is 0. The van der Waals surface area contributed by atoms with E-state index in [-0.39, 0.29) is 0 Å². The molecular formula is C8H20O3S. The predicted molar refractivity (Wildman–Crippen MR) is 52.8 cm³/mol. The molecule has 76 valence electrons. The van der Waals surface area contributed by atoms with Crippen molar-refractivity contribution in [2.75, 3.05) is 12.4 Å². The highest BCUT2D eigenvalue weighted by Gasteiger charge is 2.07. The van der Waals surface area contributed by atoms with Gasteiger partial charge in [0.05, 0.1) is 17.1 Å². The van der Waals surface area contributed by atoms with Crippen molar-refractivity contribution < 1.29 is 12.9 Å². The third kappa shape index (κ3) is 6.76. The quantitative estimate of drug-likeness (QED) is 0.483. The highest BCUT2D eigenvalue weighted by atomic mass is 32.3. The molecule has 0 bridgehead atoms. The van der Waals surface area contributed by atoms with Gasteiger partial charge in [-0.3, -0.25) is 4.18 Å². The number of rotatable bonds is 7. The van der Waals surface area contributed by atoms with Crippen molar-refractivity contribution in [1.82, 2.24) is 0 Å². The topological polar surface area (TPSA) is 46.5 Å². The average Bonchev–Trinajstić information content (AvgIpc) is 2.01. The van der Waals surface area contributed by atoms with Gasteiger partial charge in [0.2, 0.25) is 0 Å². The van der Waals surface area contributed by atoms with Crippen molar-refractivity contribution in [2.24, 2.45) is 0 Å². The lowest BCUT2D eigenvalue weighted by molar-refractivity contribution is 0.282. The molecule has 0 aromatic carbocycles. The molecule has 12 heavy (non-hydrogen) atoms. The Kier molecular flexibility index (Phi) is 6.61. The number of hydrogen-bond donors (Lipinski definition) is 2. The van der Waals surface area contributed by atoms with Gasteiger partial charge in [0.15, 0.2) is 0 Å². The van der Waals surface area contributed by atoms with Crippen LogP contribution in [-0.4, -0.2) is 21.1 Å². The summed E-state index contributed by atoms with van der Waals surface area (Å²) in [4.78, 5) is 0. The number of hydrogen-bond acceptors (Lipinski definition) is 2. The van der Waals surface area contributed by atoms with E-state index in [9.17, 15) is 8.76 Å². The SMILES string of the molecule is CCCCO[SH](=O)(O)CCCC. The molecule has 0 aromatic heterocycles. The van der Waals surface area contributed by atoms with Crippen LogP contribution < -0.4 is 0 Å². The molecule has 0 aliphatic carbocycles. The Hall–Kier alpha value is 0.0700. The fourth-order valence-corrected chi connectivity index (χ4v) is 2.03. The van der Waals surface area contributed by atoms with E-state index in [1.54, 1.807) is 0 Å². The summed E-state index contributed by atoms with van der Waals surface area (Å²) in [5.74, 6) is 0.299. The summed E-state index contributed by atoms with van der Waals surface area (Å²) in [5.41, 5.74) is 0. The van der Waals surface area contributed by atoms with E-state index in [1.807, 2.05) is 13.8 Å². The van der Waals surface area contributed by atoms with Crippen molar-refractivity contribution in [3.05, 3.63) is 0 Å². The van der Waals surface area contributed by atoms with Crippen LogP contribution >= 0.6 is 0 Å². The second kappa shape index (κ2) is 6.57. The van der Waals surface area contributed by atoms with Crippen LogP contribution in [0.2, 0.25) is 0 Å². The molecule has 0 unspecified atom stereocenters. The Bertz CT molecular complexity index is 147. The lowest BCUT2D eigenvalue weighted by atomic mass is 10.4. The van der Waals surface area contributed by atoms with E-state index in [4.69, 9.17) is 4.18 Å². The van der Waals surface area contributed by atoms with Gasteiger partial charge in [0.25, 0.3) is 0 Å². The van der Waals surface area contributed by atoms with Crippen LogP contribution in [0.1, 0.15) is 39.5 Å². The first-order valence-corrected chi connectivity index (χ1v) is 6.35. The van der Waals surface area contributed by atoms with Crippen molar-refractivity contribution in [2.45, 2.75) is 39.5 Å². The smallest absolute Gasteiger partial charge is 0.0756 e. The van der Waals surface area contributed by atoms with E-state index in [0.29, 0.717) is 12.4 Å². The van der Waals surface area contributed by atoms with Gasteiger partial charge in [-0.2, -0.15) is 0 Å². The molecule has 0 aliphatic rings. The van der Waals surface area contributed by atoms with Gasteiger partial charge in [-0.05, 0) is 12.8 Å². The van der Waals surface area contributed by atoms with Crippen molar-refractivity contribution in [3.8, 4) is 0 Å². The molecule has 4 heteroatoms. The summed E-state index contributed by atoms with van der Waals surface area (Å²) in [7, 11) is -3.24. The number of unbranched alkanes of at least 4 members (excludes halogenated alkanes) is 2. The van der Waals surface area contributed by atoms with Crippen molar-refractivity contribution >= 4 is 10.5 Å². The van der Waals surface area contributed by atoms with Crippen molar-refractivity contribution in [3.63, 3.8) is 0 Å². The van der Waals surface area contributed by atoms with E-state index in [0.717, 1.165) is 25.7 Å². The molecule has 0 radical (unpaired) electrons. The Morgan fingerprint density at radius 2 is 1.83 bits per heavy atom. The van der Waals surface area contributed by atoms with Crippen LogP contribution in [0.15, 0.2) is 0 Å². The van der Waals surface area contributed by atoms with Crippen LogP contribution in [0, 0.1) is 0 Å². The van der Waals surface area contributed by atoms with Gasteiger partial charge in [-0.1, -0.05) is 26.7 Å². The van der Waals surface area contributed by atoms with E-state index in [2.05, 4.69) is 0 Å². The molecule has 0 atom stereocenters. The first-order valence-electron chi connectivity index (χ1n) is 4.58. The van der Waals surface area contributed by atoms with Crippen LogP contribution in [0.3, 0.4) is 0 Å². The molecule has 0 rings (SSSR count). The average molecular weight is 196 g/mol. The summed E-state index contributed by atoms with van der Waals surface area (Å²) < 4.78 is 25.3. The Morgan fingerprint density at radius 1 is 1.25 bits per heavy atom. The predicted octanol–water partition coefficient (Wildman–Crippen LogP) is 2.01. The summed E-state index contributed by atoms with van der Waals surface area (Å²) in [6.07, 6.45) is 3.55. The zero-order valence-corrected chi connectivity index (χ0v) is 8.85. The monoisotopic (exact) mass is 196 g/mol. The van der Waals surface area contributed by atoms with Crippen LogP contribution in [0.25, 0.3) is 0 Å². The largest absolute Gasteiger partial charge is 0.309 e. The van der Waals surface area contributed by atoms with Crippen LogP contribution in [0.4, 0.5) is 0 Å². The Morgan fingerprint density at radius 3 is 2.33 bits per heavy atom. The first kappa shape index (κ1) is 12.1. The summed E-state index contributed by atoms with van der Waals surface area (Å²) in [6.45, 7) is 4.43. The minimum absolute atomic E-state index is 0.299. The van der Waals surface area contributed by atoms with E-state index < -0.39 is 10.5 Å². The molecular weight excluding hydrogens is 176 g/mol. The van der Waals surface area contributed by atoms with Crippen LogP contribution in [0.5, 0.6) is 0 Å². The molecule has 0 saturated carbocycles. The van der Waals surface area contributed by atoms with E-state index >= 15 is 0 Å². The molecule has 0 aromatic rings. The molecule has 0 fully saturated rings. The van der Waals surface area contributed by atoms with Gasteiger partial charge in [-0.15, -0.1) is 0 Å². The van der Waals surface area contributed by atoms with Crippen LogP contribution in [-0.2, 0) is 14.7 Å². The fraction of sp³-hybridized carbons (Fsp3) is 1.00. The minimum atomic E-state index is -3.24. The fourth-order valence-electron chi connectivity index (χ4n) is 0.774. The molecule has 0 saturated heterocycles. The van der Waals surface area contributed by atoms with Gasteiger partial charge in [0, 0.05) is 5.75 Å². The standard InChI is InChI=1S/C8H20O3S/c1-3-5-7-11-12(9,10)8-6-4-2/h12H,3-8H2,1-2H3,(H,9,10). The highest BCUT2D eigenvalue weighted by molar-refractivity contribution is 7.93. The number of thiol groups is 1. The second-order valence-corrected chi connectivity index (χ2v) is 4.88. The molecule has 1 N–H and O–H groups in total. The van der Waals surface area contributed by atoms with Crippen molar-refractivity contribution in [1.29, 1.82) is 0 Å². The van der Waals surface area contributed by atoms with Gasteiger partial charge in [-0.25, -0.2) is 4.21 Å².